The fourth-order valence-corrected chi connectivity index (χ4v) is 2.82. The van der Waals surface area contributed by atoms with Crippen LogP contribution in [0.2, 0.25) is 0 Å². The average molecular weight is 339 g/mol. The Kier molecular flexibility index (Phi) is 4.43. The number of aliphatic hydroxyl groups excluding tert-OH is 1. The maximum atomic E-state index is 12.4. The number of aliphatic hydroxyl groups is 1. The zero-order chi connectivity index (χ0) is 18.0. The van der Waals surface area contributed by atoms with Crippen molar-refractivity contribution in [3.05, 3.63) is 65.2 Å². The van der Waals surface area contributed by atoms with Crippen molar-refractivity contribution < 1.29 is 24.2 Å². The molecule has 0 radical (unpaired) electrons. The van der Waals surface area contributed by atoms with E-state index in [2.05, 4.69) is 5.32 Å². The van der Waals surface area contributed by atoms with Crippen LogP contribution in [-0.4, -0.2) is 31.0 Å². The topological polar surface area (TPSA) is 84.9 Å². The number of amides is 1. The Labute approximate surface area is 144 Å². The van der Waals surface area contributed by atoms with Crippen LogP contribution in [0.15, 0.2) is 54.1 Å². The van der Waals surface area contributed by atoms with Gasteiger partial charge in [-0.25, -0.2) is 0 Å². The van der Waals surface area contributed by atoms with Crippen LogP contribution in [0, 0.1) is 0 Å². The molecule has 0 spiro atoms. The van der Waals surface area contributed by atoms with E-state index in [4.69, 9.17) is 9.47 Å². The molecule has 1 heterocycles. The summed E-state index contributed by atoms with van der Waals surface area (Å²) in [5, 5.41) is 13.2. The summed E-state index contributed by atoms with van der Waals surface area (Å²) >= 11 is 0. The molecule has 6 nitrogen and oxygen atoms in total. The molecule has 2 N–H and O–H groups in total. The molecule has 1 unspecified atom stereocenters. The summed E-state index contributed by atoms with van der Waals surface area (Å²) in [7, 11) is 3.01. The zero-order valence-electron chi connectivity index (χ0n) is 13.8. The highest BCUT2D eigenvalue weighted by Gasteiger charge is 2.40. The van der Waals surface area contributed by atoms with Gasteiger partial charge in [-0.05, 0) is 18.2 Å². The molecule has 2 aromatic carbocycles. The maximum absolute atomic E-state index is 12.4. The Morgan fingerprint density at radius 3 is 2.40 bits per heavy atom. The first-order valence-electron chi connectivity index (χ1n) is 7.62. The average Bonchev–Trinajstić information content (AvgIpc) is 2.96. The molecule has 0 aliphatic carbocycles. The van der Waals surface area contributed by atoms with Crippen molar-refractivity contribution >= 4 is 17.4 Å². The molecule has 1 fully saturated rings. The molecule has 0 aromatic heterocycles. The molecule has 1 aliphatic rings. The number of hydrogen-bond donors (Lipinski definition) is 2. The highest BCUT2D eigenvalue weighted by atomic mass is 16.5. The van der Waals surface area contributed by atoms with Gasteiger partial charge in [0.05, 0.1) is 25.8 Å². The van der Waals surface area contributed by atoms with Crippen LogP contribution in [0.25, 0.3) is 5.76 Å². The number of hydrogen-bond acceptors (Lipinski definition) is 5. The van der Waals surface area contributed by atoms with E-state index in [1.807, 2.05) is 0 Å². The largest absolute Gasteiger partial charge is 0.507 e. The van der Waals surface area contributed by atoms with E-state index in [9.17, 15) is 14.7 Å². The molecule has 1 aliphatic heterocycles. The van der Waals surface area contributed by atoms with E-state index >= 15 is 0 Å². The molecule has 0 saturated carbocycles. The quantitative estimate of drug-likeness (QED) is 0.508. The van der Waals surface area contributed by atoms with Crippen LogP contribution in [0.4, 0.5) is 0 Å². The normalized spacial score (nSPS) is 18.7. The van der Waals surface area contributed by atoms with E-state index < -0.39 is 17.7 Å². The fraction of sp³-hybridized carbons (Fsp3) is 0.158. The van der Waals surface area contributed by atoms with Crippen molar-refractivity contribution in [2.24, 2.45) is 0 Å². The number of benzene rings is 2. The van der Waals surface area contributed by atoms with Gasteiger partial charge in [0.15, 0.2) is 0 Å². The van der Waals surface area contributed by atoms with Gasteiger partial charge in [-0.2, -0.15) is 0 Å². The van der Waals surface area contributed by atoms with Crippen molar-refractivity contribution in [1.29, 1.82) is 0 Å². The highest BCUT2D eigenvalue weighted by molar-refractivity contribution is 6.46. The van der Waals surface area contributed by atoms with Gasteiger partial charge in [0.2, 0.25) is 0 Å². The summed E-state index contributed by atoms with van der Waals surface area (Å²) < 4.78 is 10.6. The second-order valence-corrected chi connectivity index (χ2v) is 5.47. The van der Waals surface area contributed by atoms with Crippen molar-refractivity contribution in [2.45, 2.75) is 6.04 Å². The lowest BCUT2D eigenvalue weighted by Crippen LogP contribution is -2.21. The van der Waals surface area contributed by atoms with E-state index in [0.717, 1.165) is 0 Å². The number of carbonyl (C=O) groups excluding carboxylic acids is 2. The van der Waals surface area contributed by atoms with Gasteiger partial charge in [0.25, 0.3) is 11.7 Å². The van der Waals surface area contributed by atoms with Crippen molar-refractivity contribution in [1.82, 2.24) is 5.32 Å². The third-order valence-corrected chi connectivity index (χ3v) is 4.07. The van der Waals surface area contributed by atoms with E-state index in [-0.39, 0.29) is 11.3 Å². The first-order valence-corrected chi connectivity index (χ1v) is 7.62. The van der Waals surface area contributed by atoms with Gasteiger partial charge in [0.1, 0.15) is 17.3 Å². The minimum Gasteiger partial charge on any atom is -0.507 e. The lowest BCUT2D eigenvalue weighted by Gasteiger charge is -2.17. The molecule has 0 bridgehead atoms. The van der Waals surface area contributed by atoms with Crippen LogP contribution in [0.3, 0.4) is 0 Å². The molecular weight excluding hydrogens is 322 g/mol. The van der Waals surface area contributed by atoms with Gasteiger partial charge in [-0.3, -0.25) is 9.59 Å². The van der Waals surface area contributed by atoms with Crippen LogP contribution in [0.1, 0.15) is 17.2 Å². The van der Waals surface area contributed by atoms with Crippen molar-refractivity contribution in [3.8, 4) is 11.5 Å². The highest BCUT2D eigenvalue weighted by Crippen LogP contribution is 2.38. The van der Waals surface area contributed by atoms with Crippen LogP contribution < -0.4 is 14.8 Å². The summed E-state index contributed by atoms with van der Waals surface area (Å²) in [5.41, 5.74) is 0.968. The molecule has 128 valence electrons. The Morgan fingerprint density at radius 2 is 1.76 bits per heavy atom. The lowest BCUT2D eigenvalue weighted by atomic mass is 9.95. The first-order chi connectivity index (χ1) is 12.1. The third kappa shape index (κ3) is 2.94. The van der Waals surface area contributed by atoms with Gasteiger partial charge in [-0.1, -0.05) is 30.3 Å². The lowest BCUT2D eigenvalue weighted by molar-refractivity contribution is -0.133. The van der Waals surface area contributed by atoms with Gasteiger partial charge in [0, 0.05) is 11.1 Å². The number of rotatable bonds is 4. The predicted molar refractivity (Wildman–Crippen MR) is 91.4 cm³/mol. The number of methoxy groups -OCH3 is 2. The van der Waals surface area contributed by atoms with E-state index in [0.29, 0.717) is 22.6 Å². The predicted octanol–water partition coefficient (Wildman–Crippen LogP) is 2.41. The first kappa shape index (κ1) is 16.6. The number of carbonyl (C=O) groups is 2. The van der Waals surface area contributed by atoms with Gasteiger partial charge >= 0.3 is 0 Å². The minimum absolute atomic E-state index is 0.0113. The monoisotopic (exact) mass is 339 g/mol. The number of Topliss-reactive ketones (excluding diaryl/α,β-unsaturated/α-hetero) is 1. The molecular formula is C19H17NO5. The molecule has 1 atom stereocenters. The number of nitrogens with one attached hydrogen (secondary N) is 1. The summed E-state index contributed by atoms with van der Waals surface area (Å²) in [5.74, 6) is -0.760. The van der Waals surface area contributed by atoms with Crippen molar-refractivity contribution in [3.63, 3.8) is 0 Å². The number of ether oxygens (including phenoxy) is 2. The zero-order valence-corrected chi connectivity index (χ0v) is 13.8. The van der Waals surface area contributed by atoms with Crippen LogP contribution in [-0.2, 0) is 9.59 Å². The number of ketones is 1. The van der Waals surface area contributed by atoms with Crippen molar-refractivity contribution in [2.75, 3.05) is 14.2 Å². The molecule has 1 saturated heterocycles. The summed E-state index contributed by atoms with van der Waals surface area (Å²) in [6, 6.07) is 12.8. The maximum Gasteiger partial charge on any atom is 0.293 e. The standard InChI is InChI=1S/C19H17NO5/c1-24-12-8-9-14(25-2)13(10-12)16-15(18(22)19(23)20-16)17(21)11-6-4-3-5-7-11/h3-10,16,21H,1-2H3,(H,20,23)/b17-15-. The second-order valence-electron chi connectivity index (χ2n) is 5.47. The fourth-order valence-electron chi connectivity index (χ4n) is 2.82. The summed E-state index contributed by atoms with van der Waals surface area (Å²) in [6.45, 7) is 0. The third-order valence-electron chi connectivity index (χ3n) is 4.07. The van der Waals surface area contributed by atoms with Crippen LogP contribution >= 0.6 is 0 Å². The van der Waals surface area contributed by atoms with Gasteiger partial charge < -0.3 is 19.9 Å². The molecule has 3 rings (SSSR count). The minimum atomic E-state index is -0.828. The Morgan fingerprint density at radius 1 is 1.04 bits per heavy atom. The van der Waals surface area contributed by atoms with E-state index in [1.54, 1.807) is 48.5 Å². The molecule has 6 heteroatoms. The van der Waals surface area contributed by atoms with E-state index in [1.165, 1.54) is 14.2 Å². The van der Waals surface area contributed by atoms with Gasteiger partial charge in [-0.15, -0.1) is 0 Å². The molecule has 1 amide bonds. The Bertz CT molecular complexity index is 857. The SMILES string of the molecule is COc1ccc(OC)c(C2NC(=O)C(=O)/C2=C(\O)c2ccccc2)c1. The molecule has 25 heavy (non-hydrogen) atoms. The summed E-state index contributed by atoms with van der Waals surface area (Å²) in [4.78, 5) is 24.3. The Balaban J connectivity index is 2.18. The summed E-state index contributed by atoms with van der Waals surface area (Å²) in [6.07, 6.45) is 0. The van der Waals surface area contributed by atoms with Crippen LogP contribution in [0.5, 0.6) is 11.5 Å². The second kappa shape index (κ2) is 6.68. The Hall–Kier alpha value is -3.28. The smallest absolute Gasteiger partial charge is 0.293 e. The molecule has 2 aromatic rings.